The Kier molecular flexibility index (Phi) is 6.68. The van der Waals surface area contributed by atoms with Gasteiger partial charge in [-0.1, -0.05) is 6.07 Å². The third-order valence-electron chi connectivity index (χ3n) is 5.89. The van der Waals surface area contributed by atoms with Crippen LogP contribution in [-0.4, -0.2) is 65.3 Å². The number of nitrogens with one attached hydrogen (secondary N) is 2. The zero-order valence-corrected chi connectivity index (χ0v) is 18.9. The van der Waals surface area contributed by atoms with E-state index in [1.54, 1.807) is 6.92 Å². The fourth-order valence-electron chi connectivity index (χ4n) is 4.13. The van der Waals surface area contributed by atoms with Gasteiger partial charge < -0.3 is 25.8 Å². The number of nitrogens with two attached hydrogens (primary N) is 1. The molecule has 10 nitrogen and oxygen atoms in total. The molecule has 0 spiro atoms. The van der Waals surface area contributed by atoms with Crippen molar-refractivity contribution in [3.63, 3.8) is 0 Å². The Morgan fingerprint density at radius 2 is 2.11 bits per heavy atom. The van der Waals surface area contributed by atoms with Gasteiger partial charge in [-0.15, -0.1) is 0 Å². The molecule has 2 aromatic rings. The first-order valence-electron chi connectivity index (χ1n) is 11.0. The first-order chi connectivity index (χ1) is 16.7. The number of nitrogens with zero attached hydrogens (tertiary/aromatic N) is 4. The van der Waals surface area contributed by atoms with Crippen molar-refractivity contribution in [3.8, 4) is 11.9 Å². The number of nitriles is 1. The smallest absolute Gasteiger partial charge is 0.416 e. The Labute approximate surface area is 199 Å². The number of carbonyl (C=O) groups excluding carboxylic acids is 1. The van der Waals surface area contributed by atoms with Crippen LogP contribution in [-0.2, 0) is 15.7 Å². The van der Waals surface area contributed by atoms with Gasteiger partial charge in [-0.25, -0.2) is 0 Å². The van der Waals surface area contributed by atoms with Crippen molar-refractivity contribution >= 4 is 23.4 Å². The van der Waals surface area contributed by atoms with Crippen LogP contribution in [0.3, 0.4) is 0 Å². The van der Waals surface area contributed by atoms with E-state index >= 15 is 0 Å². The summed E-state index contributed by atoms with van der Waals surface area (Å²) in [6.07, 6.45) is -4.22. The lowest BCUT2D eigenvalue weighted by Crippen LogP contribution is -2.48. The normalized spacial score (nSPS) is 22.2. The van der Waals surface area contributed by atoms with Gasteiger partial charge in [-0.2, -0.15) is 28.4 Å². The maximum absolute atomic E-state index is 13.5. The molecular formula is C22H24F3N7O3. The maximum Gasteiger partial charge on any atom is 0.416 e. The summed E-state index contributed by atoms with van der Waals surface area (Å²) in [5.41, 5.74) is 3.61. The van der Waals surface area contributed by atoms with E-state index in [-0.39, 0.29) is 41.5 Å². The summed E-state index contributed by atoms with van der Waals surface area (Å²) in [6.45, 7) is 4.06. The SMILES string of the molecule is CCOc1nc(N)nc(NC2(C(=O)Nc3cccc(C(F)(F)F)c3)CC2N2CCOCC2)c1C#N. The topological polar surface area (TPSA) is 138 Å². The number of hydrogen-bond donors (Lipinski definition) is 3. The average Bonchev–Trinajstić information content (AvgIpc) is 3.55. The number of nitrogen functional groups attached to an aromatic ring is 1. The molecule has 4 rings (SSSR count). The van der Waals surface area contributed by atoms with Gasteiger partial charge in [0.25, 0.3) is 5.91 Å². The fraction of sp³-hybridized carbons (Fsp3) is 0.455. The van der Waals surface area contributed by atoms with Crippen LogP contribution in [0.15, 0.2) is 24.3 Å². The molecule has 35 heavy (non-hydrogen) atoms. The molecule has 1 aliphatic heterocycles. The number of rotatable bonds is 7. The zero-order valence-electron chi connectivity index (χ0n) is 18.9. The summed E-state index contributed by atoms with van der Waals surface area (Å²) in [4.78, 5) is 23.6. The molecule has 2 heterocycles. The summed E-state index contributed by atoms with van der Waals surface area (Å²) in [5, 5.41) is 15.3. The summed E-state index contributed by atoms with van der Waals surface area (Å²) in [6, 6.07) is 6.06. The van der Waals surface area contributed by atoms with Crippen molar-refractivity contribution in [2.24, 2.45) is 0 Å². The van der Waals surface area contributed by atoms with Gasteiger partial charge in [0.05, 0.1) is 25.4 Å². The maximum atomic E-state index is 13.5. The van der Waals surface area contributed by atoms with E-state index in [4.69, 9.17) is 15.2 Å². The molecule has 4 N–H and O–H groups in total. The minimum atomic E-state index is -4.55. The van der Waals surface area contributed by atoms with Gasteiger partial charge in [0.2, 0.25) is 11.8 Å². The number of amides is 1. The first kappa shape index (κ1) is 24.5. The summed E-state index contributed by atoms with van der Waals surface area (Å²) >= 11 is 0. The Morgan fingerprint density at radius 1 is 1.37 bits per heavy atom. The summed E-state index contributed by atoms with van der Waals surface area (Å²) in [7, 11) is 0. The molecule has 1 saturated carbocycles. The lowest BCUT2D eigenvalue weighted by Gasteiger charge is -2.30. The second-order valence-electron chi connectivity index (χ2n) is 8.15. The number of hydrogen-bond acceptors (Lipinski definition) is 9. The van der Waals surface area contributed by atoms with E-state index in [0.29, 0.717) is 32.7 Å². The number of benzene rings is 1. The number of ether oxygens (including phenoxy) is 2. The first-order valence-corrected chi connectivity index (χ1v) is 11.0. The van der Waals surface area contributed by atoms with Gasteiger partial charge in [0.1, 0.15) is 11.6 Å². The predicted octanol–water partition coefficient (Wildman–Crippen LogP) is 2.24. The number of carbonyl (C=O) groups is 1. The molecule has 186 valence electrons. The standard InChI is InChI=1S/C22H24F3N7O3/c1-2-35-18-15(12-26)17(29-20(27)30-18)31-21(11-16(21)32-6-8-34-9-7-32)19(33)28-14-5-3-4-13(10-14)22(23,24)25/h3-5,10,16H,2,6-9,11H2,1H3,(H,28,33)(H3,27,29,30,31). The highest BCUT2D eigenvalue weighted by atomic mass is 19.4. The molecule has 1 saturated heterocycles. The molecule has 1 aliphatic carbocycles. The van der Waals surface area contributed by atoms with Crippen LogP contribution < -0.4 is 21.1 Å². The van der Waals surface area contributed by atoms with Crippen molar-refractivity contribution in [2.45, 2.75) is 31.1 Å². The van der Waals surface area contributed by atoms with E-state index in [1.165, 1.54) is 12.1 Å². The lowest BCUT2D eigenvalue weighted by atomic mass is 10.1. The van der Waals surface area contributed by atoms with Crippen molar-refractivity contribution in [1.29, 1.82) is 5.26 Å². The quantitative estimate of drug-likeness (QED) is 0.532. The number of anilines is 3. The van der Waals surface area contributed by atoms with Crippen molar-refractivity contribution in [3.05, 3.63) is 35.4 Å². The second-order valence-corrected chi connectivity index (χ2v) is 8.15. The van der Waals surface area contributed by atoms with Crippen LogP contribution in [0.1, 0.15) is 24.5 Å². The molecule has 1 amide bonds. The lowest BCUT2D eigenvalue weighted by molar-refractivity contribution is -0.137. The van der Waals surface area contributed by atoms with E-state index in [1.807, 2.05) is 6.07 Å². The van der Waals surface area contributed by atoms with Crippen LogP contribution >= 0.6 is 0 Å². The third-order valence-corrected chi connectivity index (χ3v) is 5.89. The largest absolute Gasteiger partial charge is 0.477 e. The molecule has 0 radical (unpaired) electrons. The van der Waals surface area contributed by atoms with Gasteiger partial charge in [-0.3, -0.25) is 9.69 Å². The molecular weight excluding hydrogens is 467 g/mol. The highest BCUT2D eigenvalue weighted by Crippen LogP contribution is 2.45. The van der Waals surface area contributed by atoms with Gasteiger partial charge >= 0.3 is 6.18 Å². The number of alkyl halides is 3. The minimum absolute atomic E-state index is 0.00339. The van der Waals surface area contributed by atoms with E-state index < -0.39 is 23.2 Å². The number of halogens is 3. The van der Waals surface area contributed by atoms with Crippen molar-refractivity contribution < 1.29 is 27.4 Å². The van der Waals surface area contributed by atoms with Gasteiger partial charge in [0.15, 0.2) is 11.4 Å². The summed E-state index contributed by atoms with van der Waals surface area (Å²) < 4.78 is 50.3. The predicted molar refractivity (Wildman–Crippen MR) is 120 cm³/mol. The minimum Gasteiger partial charge on any atom is -0.477 e. The van der Waals surface area contributed by atoms with Crippen molar-refractivity contribution in [1.82, 2.24) is 14.9 Å². The van der Waals surface area contributed by atoms with Crippen molar-refractivity contribution in [2.75, 3.05) is 49.3 Å². The Hall–Kier alpha value is -3.63. The Balaban J connectivity index is 1.67. The van der Waals surface area contributed by atoms with Crippen LogP contribution in [0.25, 0.3) is 0 Å². The van der Waals surface area contributed by atoms with Gasteiger partial charge in [0, 0.05) is 24.8 Å². The highest BCUT2D eigenvalue weighted by Gasteiger charge is 2.63. The Bertz CT molecular complexity index is 1150. The van der Waals surface area contributed by atoms with Crippen LogP contribution in [0.4, 0.5) is 30.6 Å². The summed E-state index contributed by atoms with van der Waals surface area (Å²) in [5.74, 6) is -0.736. The van der Waals surface area contributed by atoms with E-state index in [2.05, 4.69) is 25.5 Å². The highest BCUT2D eigenvalue weighted by molar-refractivity contribution is 6.04. The Morgan fingerprint density at radius 3 is 2.77 bits per heavy atom. The molecule has 2 unspecified atom stereocenters. The zero-order chi connectivity index (χ0) is 25.2. The number of morpholine rings is 1. The molecule has 2 aliphatic rings. The molecule has 2 fully saturated rings. The van der Waals surface area contributed by atoms with Crippen LogP contribution in [0.5, 0.6) is 5.88 Å². The second kappa shape index (κ2) is 9.55. The molecule has 1 aromatic heterocycles. The van der Waals surface area contributed by atoms with Crippen LogP contribution in [0, 0.1) is 11.3 Å². The van der Waals surface area contributed by atoms with Gasteiger partial charge in [-0.05, 0) is 31.5 Å². The molecule has 13 heteroatoms. The fourth-order valence-corrected chi connectivity index (χ4v) is 4.13. The average molecular weight is 491 g/mol. The van der Waals surface area contributed by atoms with Crippen LogP contribution in [0.2, 0.25) is 0 Å². The third kappa shape index (κ3) is 5.08. The molecule has 2 atom stereocenters. The van der Waals surface area contributed by atoms with E-state index in [0.717, 1.165) is 12.1 Å². The molecule has 1 aromatic carbocycles. The monoisotopic (exact) mass is 491 g/mol. The molecule has 0 bridgehead atoms. The van der Waals surface area contributed by atoms with E-state index in [9.17, 15) is 23.2 Å². The number of aromatic nitrogens is 2.